The Labute approximate surface area is 148 Å². The average molecular weight is 342 g/mol. The molecule has 1 aromatic carbocycles. The first kappa shape index (κ1) is 17.5. The molecule has 3 N–H and O–H groups in total. The minimum atomic E-state index is -0.751. The number of urea groups is 1. The molecule has 1 saturated carbocycles. The topological polar surface area (TPSA) is 79.2 Å². The van der Waals surface area contributed by atoms with Gasteiger partial charge in [-0.15, -0.1) is 0 Å². The maximum atomic E-state index is 12.0. The Bertz CT molecular complexity index is 659. The Morgan fingerprint density at radius 2 is 1.84 bits per heavy atom. The van der Waals surface area contributed by atoms with Crippen LogP contribution in [0, 0.1) is 0 Å². The number of nitrogens with zero attached hydrogens (tertiary/aromatic N) is 2. The van der Waals surface area contributed by atoms with Crippen molar-refractivity contribution in [2.45, 2.75) is 50.7 Å². The summed E-state index contributed by atoms with van der Waals surface area (Å²) >= 11 is 0. The first-order valence-electron chi connectivity index (χ1n) is 8.98. The highest BCUT2D eigenvalue weighted by atomic mass is 16.3. The molecule has 0 aliphatic heterocycles. The number of benzene rings is 1. The van der Waals surface area contributed by atoms with Crippen LogP contribution in [-0.2, 0) is 6.54 Å². The largest absolute Gasteiger partial charge is 0.388 e. The molecule has 0 unspecified atom stereocenters. The van der Waals surface area contributed by atoms with Gasteiger partial charge in [-0.2, -0.15) is 5.10 Å². The summed E-state index contributed by atoms with van der Waals surface area (Å²) < 4.78 is 1.79. The van der Waals surface area contributed by atoms with Crippen molar-refractivity contribution in [2.24, 2.45) is 0 Å². The van der Waals surface area contributed by atoms with Crippen LogP contribution in [0.15, 0.2) is 42.7 Å². The van der Waals surface area contributed by atoms with E-state index in [1.165, 1.54) is 12.8 Å². The van der Waals surface area contributed by atoms with Crippen LogP contribution >= 0.6 is 0 Å². The molecular formula is C19H26N4O2. The van der Waals surface area contributed by atoms with Gasteiger partial charge in [0.1, 0.15) is 0 Å². The average Bonchev–Trinajstić information content (AvgIpc) is 3.08. The van der Waals surface area contributed by atoms with E-state index in [1.54, 1.807) is 10.9 Å². The van der Waals surface area contributed by atoms with Gasteiger partial charge in [0.05, 0.1) is 11.3 Å². The molecule has 1 fully saturated rings. The molecule has 3 rings (SSSR count). The summed E-state index contributed by atoms with van der Waals surface area (Å²) in [4.78, 5) is 12.0. The predicted octanol–water partition coefficient (Wildman–Crippen LogP) is 2.76. The van der Waals surface area contributed by atoms with Gasteiger partial charge in [-0.05, 0) is 36.6 Å². The maximum Gasteiger partial charge on any atom is 0.315 e. The summed E-state index contributed by atoms with van der Waals surface area (Å²) in [6, 6.07) is 9.51. The highest BCUT2D eigenvalue weighted by molar-refractivity contribution is 5.73. The number of carbonyl (C=O) groups excluding carboxylic acids is 1. The van der Waals surface area contributed by atoms with Crippen LogP contribution in [0.3, 0.4) is 0 Å². The van der Waals surface area contributed by atoms with Crippen molar-refractivity contribution in [1.82, 2.24) is 20.4 Å². The molecule has 134 valence electrons. The molecule has 1 aliphatic rings. The van der Waals surface area contributed by atoms with Gasteiger partial charge < -0.3 is 15.7 Å². The van der Waals surface area contributed by atoms with E-state index >= 15 is 0 Å². The summed E-state index contributed by atoms with van der Waals surface area (Å²) in [6.07, 6.45) is 9.56. The fraction of sp³-hybridized carbons (Fsp3) is 0.474. The third-order valence-corrected chi connectivity index (χ3v) is 4.77. The first-order valence-corrected chi connectivity index (χ1v) is 8.98. The number of hydrogen-bond acceptors (Lipinski definition) is 3. The van der Waals surface area contributed by atoms with E-state index < -0.39 is 5.60 Å². The van der Waals surface area contributed by atoms with Gasteiger partial charge in [-0.25, -0.2) is 9.48 Å². The lowest BCUT2D eigenvalue weighted by Gasteiger charge is -2.26. The van der Waals surface area contributed by atoms with Crippen LogP contribution in [0.5, 0.6) is 0 Å². The Balaban J connectivity index is 1.44. The summed E-state index contributed by atoms with van der Waals surface area (Å²) in [5, 5.41) is 20.4. The number of aliphatic hydroxyl groups is 1. The lowest BCUT2D eigenvalue weighted by Crippen LogP contribution is -2.46. The molecule has 2 aromatic rings. The summed E-state index contributed by atoms with van der Waals surface area (Å²) in [5.74, 6) is 0. The molecule has 1 aromatic heterocycles. The van der Waals surface area contributed by atoms with Crippen molar-refractivity contribution in [3.63, 3.8) is 0 Å². The molecule has 6 nitrogen and oxygen atoms in total. The fourth-order valence-corrected chi connectivity index (χ4v) is 3.24. The minimum absolute atomic E-state index is 0.242. The van der Waals surface area contributed by atoms with Crippen molar-refractivity contribution in [3.05, 3.63) is 48.3 Å². The number of nitrogens with one attached hydrogen (secondary N) is 2. The van der Waals surface area contributed by atoms with E-state index in [-0.39, 0.29) is 6.03 Å². The van der Waals surface area contributed by atoms with Crippen LogP contribution < -0.4 is 10.6 Å². The van der Waals surface area contributed by atoms with Crippen LogP contribution in [0.4, 0.5) is 4.79 Å². The second kappa shape index (κ2) is 8.16. The van der Waals surface area contributed by atoms with E-state index in [2.05, 4.69) is 15.7 Å². The second-order valence-corrected chi connectivity index (χ2v) is 6.79. The molecular weight excluding hydrogens is 316 g/mol. The predicted molar refractivity (Wildman–Crippen MR) is 96.5 cm³/mol. The van der Waals surface area contributed by atoms with Crippen LogP contribution in [0.2, 0.25) is 0 Å². The van der Waals surface area contributed by atoms with E-state index in [4.69, 9.17) is 0 Å². The quantitative estimate of drug-likeness (QED) is 0.731. The Kier molecular flexibility index (Phi) is 5.71. The Hall–Kier alpha value is -2.34. The Morgan fingerprint density at radius 3 is 2.48 bits per heavy atom. The third kappa shape index (κ3) is 5.06. The molecule has 0 spiro atoms. The van der Waals surface area contributed by atoms with Gasteiger partial charge in [0, 0.05) is 25.5 Å². The number of hydrogen-bond donors (Lipinski definition) is 3. The molecule has 1 aliphatic carbocycles. The highest BCUT2D eigenvalue weighted by Gasteiger charge is 2.28. The van der Waals surface area contributed by atoms with Gasteiger partial charge >= 0.3 is 6.03 Å². The van der Waals surface area contributed by atoms with Gasteiger partial charge in [-0.3, -0.25) is 0 Å². The molecule has 0 atom stereocenters. The fourth-order valence-electron chi connectivity index (χ4n) is 3.24. The Morgan fingerprint density at radius 1 is 1.12 bits per heavy atom. The molecule has 0 bridgehead atoms. The summed E-state index contributed by atoms with van der Waals surface area (Å²) in [7, 11) is 0. The second-order valence-electron chi connectivity index (χ2n) is 6.79. The summed E-state index contributed by atoms with van der Waals surface area (Å²) in [6.45, 7) is 0.765. The molecule has 0 radical (unpaired) electrons. The van der Waals surface area contributed by atoms with Crippen LogP contribution in [-0.4, -0.2) is 33.1 Å². The van der Waals surface area contributed by atoms with E-state index in [9.17, 15) is 9.90 Å². The van der Waals surface area contributed by atoms with E-state index in [0.717, 1.165) is 36.9 Å². The molecule has 1 heterocycles. The van der Waals surface area contributed by atoms with Crippen molar-refractivity contribution in [1.29, 1.82) is 0 Å². The lowest BCUT2D eigenvalue weighted by molar-refractivity contribution is 0.0277. The zero-order valence-electron chi connectivity index (χ0n) is 14.4. The SMILES string of the molecule is O=C(NCc1ccc(-n2cccn2)cc1)NCC1(O)CCCCCC1. The van der Waals surface area contributed by atoms with Crippen molar-refractivity contribution in [2.75, 3.05) is 6.54 Å². The number of carbonyl (C=O) groups is 1. The minimum Gasteiger partial charge on any atom is -0.388 e. The van der Waals surface area contributed by atoms with Crippen LogP contribution in [0.1, 0.15) is 44.1 Å². The maximum absolute atomic E-state index is 12.0. The standard InChI is InChI=1S/C19H26N4O2/c24-18(21-15-19(25)10-3-1-2-4-11-19)20-14-16-6-8-17(9-7-16)23-13-5-12-22-23/h5-9,12-13,25H,1-4,10-11,14-15H2,(H2,20,21,24). The highest BCUT2D eigenvalue weighted by Crippen LogP contribution is 2.26. The first-order chi connectivity index (χ1) is 12.1. The molecule has 25 heavy (non-hydrogen) atoms. The molecule has 0 saturated heterocycles. The van der Waals surface area contributed by atoms with Gasteiger partial charge in [-0.1, -0.05) is 37.8 Å². The van der Waals surface area contributed by atoms with Crippen molar-refractivity contribution in [3.8, 4) is 5.69 Å². The molecule has 6 heteroatoms. The normalized spacial score (nSPS) is 16.8. The van der Waals surface area contributed by atoms with Crippen LogP contribution in [0.25, 0.3) is 5.69 Å². The zero-order chi connectivity index (χ0) is 17.5. The summed E-state index contributed by atoms with van der Waals surface area (Å²) in [5.41, 5.74) is 1.24. The zero-order valence-corrected chi connectivity index (χ0v) is 14.4. The lowest BCUT2D eigenvalue weighted by atomic mass is 9.95. The van der Waals surface area contributed by atoms with Gasteiger partial charge in [0.15, 0.2) is 0 Å². The molecule has 2 amide bonds. The van der Waals surface area contributed by atoms with Gasteiger partial charge in [0.25, 0.3) is 0 Å². The monoisotopic (exact) mass is 342 g/mol. The number of rotatable bonds is 5. The van der Waals surface area contributed by atoms with E-state index in [0.29, 0.717) is 13.1 Å². The number of amides is 2. The smallest absolute Gasteiger partial charge is 0.315 e. The van der Waals surface area contributed by atoms with E-state index in [1.807, 2.05) is 36.5 Å². The third-order valence-electron chi connectivity index (χ3n) is 4.77. The number of aromatic nitrogens is 2. The van der Waals surface area contributed by atoms with Crippen molar-refractivity contribution < 1.29 is 9.90 Å². The van der Waals surface area contributed by atoms with Gasteiger partial charge in [0.2, 0.25) is 0 Å². The van der Waals surface area contributed by atoms with Crippen molar-refractivity contribution >= 4 is 6.03 Å².